The van der Waals surface area contributed by atoms with Gasteiger partial charge in [-0.3, -0.25) is 19.3 Å². The van der Waals surface area contributed by atoms with Crippen LogP contribution in [0.3, 0.4) is 0 Å². The average molecular weight is 450 g/mol. The van der Waals surface area contributed by atoms with Crippen LogP contribution < -0.4 is 11.2 Å². The molecule has 2 atom stereocenters. The van der Waals surface area contributed by atoms with E-state index in [9.17, 15) is 24.3 Å². The quantitative estimate of drug-likeness (QED) is 0.214. The number of hydrogen-bond acceptors (Lipinski definition) is 6. The molecule has 0 aliphatic carbocycles. The maximum absolute atomic E-state index is 12.7. The minimum atomic E-state index is -1.17. The lowest BCUT2D eigenvalue weighted by molar-refractivity contribution is -0.144. The normalized spacial score (nSPS) is 16.8. The third-order valence-corrected chi connectivity index (χ3v) is 5.52. The molecule has 2 aromatic rings. The Hall–Kier alpha value is -4.01. The summed E-state index contributed by atoms with van der Waals surface area (Å²) in [7, 11) is 0. The monoisotopic (exact) mass is 450 g/mol. The van der Waals surface area contributed by atoms with Crippen LogP contribution in [0.5, 0.6) is 0 Å². The SMILES string of the molecule is NN=Cc1ccc(CC2CC(=O)N(CC(=O)NC(CCc3ccccc3)C(=O)O)C2=O)cc1. The Bertz CT molecular complexity index is 1040. The maximum Gasteiger partial charge on any atom is 0.326 e. The van der Waals surface area contributed by atoms with Crippen molar-refractivity contribution in [3.8, 4) is 0 Å². The third-order valence-electron chi connectivity index (χ3n) is 5.52. The smallest absolute Gasteiger partial charge is 0.326 e. The number of aliphatic carboxylic acids is 1. The lowest BCUT2D eigenvalue weighted by Gasteiger charge is -2.18. The molecule has 1 aliphatic heterocycles. The zero-order valence-corrected chi connectivity index (χ0v) is 18.0. The fraction of sp³-hybridized carbons (Fsp3) is 0.292. The molecule has 0 aromatic heterocycles. The van der Waals surface area contributed by atoms with Crippen LogP contribution >= 0.6 is 0 Å². The van der Waals surface area contributed by atoms with Gasteiger partial charge in [-0.15, -0.1) is 0 Å². The number of carboxylic acid groups (broad SMARTS) is 1. The molecule has 0 spiro atoms. The molecule has 0 radical (unpaired) electrons. The molecular formula is C24H26N4O5. The molecule has 33 heavy (non-hydrogen) atoms. The Morgan fingerprint density at radius 1 is 1.12 bits per heavy atom. The minimum Gasteiger partial charge on any atom is -0.480 e. The summed E-state index contributed by atoms with van der Waals surface area (Å²) in [6.45, 7) is -0.491. The fourth-order valence-corrected chi connectivity index (χ4v) is 3.78. The molecule has 0 saturated carbocycles. The van der Waals surface area contributed by atoms with Gasteiger partial charge in [-0.2, -0.15) is 5.10 Å². The number of amides is 3. The summed E-state index contributed by atoms with van der Waals surface area (Å²) < 4.78 is 0. The second-order valence-corrected chi connectivity index (χ2v) is 7.93. The predicted molar refractivity (Wildman–Crippen MR) is 121 cm³/mol. The number of hydrazone groups is 1. The van der Waals surface area contributed by atoms with E-state index in [1.807, 2.05) is 42.5 Å². The van der Waals surface area contributed by atoms with E-state index >= 15 is 0 Å². The van der Waals surface area contributed by atoms with Gasteiger partial charge in [0.15, 0.2) is 0 Å². The Morgan fingerprint density at radius 2 is 1.82 bits per heavy atom. The molecule has 1 heterocycles. The summed E-state index contributed by atoms with van der Waals surface area (Å²) in [6.07, 6.45) is 2.53. The van der Waals surface area contributed by atoms with Gasteiger partial charge in [-0.25, -0.2) is 4.79 Å². The highest BCUT2D eigenvalue weighted by molar-refractivity contribution is 6.06. The van der Waals surface area contributed by atoms with Crippen molar-refractivity contribution < 1.29 is 24.3 Å². The lowest BCUT2D eigenvalue weighted by atomic mass is 9.97. The highest BCUT2D eigenvalue weighted by Gasteiger charge is 2.39. The number of aryl methyl sites for hydroxylation is 1. The number of rotatable bonds is 10. The second kappa shape index (κ2) is 11.0. The minimum absolute atomic E-state index is 0.00842. The van der Waals surface area contributed by atoms with Crippen LogP contribution in [0.4, 0.5) is 0 Å². The van der Waals surface area contributed by atoms with Gasteiger partial charge >= 0.3 is 5.97 Å². The summed E-state index contributed by atoms with van der Waals surface area (Å²) in [5.41, 5.74) is 2.64. The highest BCUT2D eigenvalue weighted by atomic mass is 16.4. The molecule has 3 amide bonds. The zero-order chi connectivity index (χ0) is 23.8. The first-order valence-corrected chi connectivity index (χ1v) is 10.6. The lowest BCUT2D eigenvalue weighted by Crippen LogP contribution is -2.47. The molecule has 2 aromatic carbocycles. The summed E-state index contributed by atoms with van der Waals surface area (Å²) in [5, 5.41) is 15.3. The molecular weight excluding hydrogens is 424 g/mol. The van der Waals surface area contributed by atoms with Crippen LogP contribution in [0.1, 0.15) is 29.5 Å². The Morgan fingerprint density at radius 3 is 2.45 bits per heavy atom. The number of likely N-dealkylation sites (tertiary alicyclic amines) is 1. The molecule has 172 valence electrons. The first-order valence-electron chi connectivity index (χ1n) is 10.6. The number of carboxylic acids is 1. The Labute approximate surface area is 191 Å². The largest absolute Gasteiger partial charge is 0.480 e. The molecule has 9 heteroatoms. The number of nitrogens with one attached hydrogen (secondary N) is 1. The number of nitrogens with zero attached hydrogens (tertiary/aromatic N) is 2. The van der Waals surface area contributed by atoms with Crippen molar-refractivity contribution in [1.82, 2.24) is 10.2 Å². The molecule has 1 aliphatic rings. The number of hydrogen-bond donors (Lipinski definition) is 3. The molecule has 3 rings (SSSR count). The van der Waals surface area contributed by atoms with Crippen molar-refractivity contribution in [3.05, 3.63) is 71.3 Å². The van der Waals surface area contributed by atoms with Crippen LogP contribution in [-0.4, -0.2) is 52.5 Å². The Balaban J connectivity index is 1.55. The second-order valence-electron chi connectivity index (χ2n) is 7.93. The van der Waals surface area contributed by atoms with Crippen molar-refractivity contribution >= 4 is 29.9 Å². The van der Waals surface area contributed by atoms with Crippen molar-refractivity contribution in [2.75, 3.05) is 6.54 Å². The van der Waals surface area contributed by atoms with Crippen molar-refractivity contribution in [2.45, 2.75) is 31.7 Å². The van der Waals surface area contributed by atoms with E-state index in [-0.39, 0.29) is 12.8 Å². The van der Waals surface area contributed by atoms with Gasteiger partial charge in [0.1, 0.15) is 12.6 Å². The topological polar surface area (TPSA) is 142 Å². The van der Waals surface area contributed by atoms with Gasteiger partial charge in [0.05, 0.1) is 12.1 Å². The molecule has 2 unspecified atom stereocenters. The van der Waals surface area contributed by atoms with Crippen LogP contribution in [0.2, 0.25) is 0 Å². The molecule has 9 nitrogen and oxygen atoms in total. The number of carbonyl (C=O) groups excluding carboxylic acids is 3. The average Bonchev–Trinajstić information content (AvgIpc) is 3.06. The molecule has 0 bridgehead atoms. The van der Waals surface area contributed by atoms with Gasteiger partial charge in [0, 0.05) is 6.42 Å². The van der Waals surface area contributed by atoms with Gasteiger partial charge in [0.2, 0.25) is 17.7 Å². The van der Waals surface area contributed by atoms with Gasteiger partial charge in [-0.05, 0) is 36.0 Å². The van der Waals surface area contributed by atoms with Gasteiger partial charge in [-0.1, -0.05) is 54.6 Å². The van der Waals surface area contributed by atoms with E-state index in [4.69, 9.17) is 5.84 Å². The van der Waals surface area contributed by atoms with Crippen LogP contribution in [-0.2, 0) is 32.0 Å². The fourth-order valence-electron chi connectivity index (χ4n) is 3.78. The third kappa shape index (κ3) is 6.49. The van der Waals surface area contributed by atoms with Crippen LogP contribution in [0, 0.1) is 5.92 Å². The zero-order valence-electron chi connectivity index (χ0n) is 18.0. The summed E-state index contributed by atoms with van der Waals surface area (Å²) >= 11 is 0. The van der Waals surface area contributed by atoms with Crippen LogP contribution in [0.15, 0.2) is 59.7 Å². The van der Waals surface area contributed by atoms with E-state index in [0.717, 1.165) is 21.6 Å². The predicted octanol–water partition coefficient (Wildman–Crippen LogP) is 1.10. The molecule has 1 fully saturated rings. The number of carbonyl (C=O) groups is 4. The summed E-state index contributed by atoms with van der Waals surface area (Å²) in [4.78, 5) is 50.0. The van der Waals surface area contributed by atoms with Crippen molar-refractivity contribution in [1.29, 1.82) is 0 Å². The van der Waals surface area contributed by atoms with E-state index < -0.39 is 42.2 Å². The van der Waals surface area contributed by atoms with E-state index in [1.54, 1.807) is 12.1 Å². The molecule has 1 saturated heterocycles. The molecule has 4 N–H and O–H groups in total. The van der Waals surface area contributed by atoms with Crippen molar-refractivity contribution in [2.24, 2.45) is 16.9 Å². The first-order chi connectivity index (χ1) is 15.9. The van der Waals surface area contributed by atoms with Gasteiger partial charge in [0.25, 0.3) is 0 Å². The van der Waals surface area contributed by atoms with Crippen LogP contribution in [0.25, 0.3) is 0 Å². The van der Waals surface area contributed by atoms with E-state index in [1.165, 1.54) is 6.21 Å². The van der Waals surface area contributed by atoms with E-state index in [0.29, 0.717) is 12.8 Å². The number of imide groups is 1. The standard InChI is InChI=1S/C24H26N4O5/c25-26-14-18-8-6-17(7-9-18)12-19-13-22(30)28(23(19)31)15-21(29)27-20(24(32)33)11-10-16-4-2-1-3-5-16/h1-9,14,19-20H,10-13,15,25H2,(H,27,29)(H,32,33). The van der Waals surface area contributed by atoms with E-state index in [2.05, 4.69) is 10.4 Å². The highest BCUT2D eigenvalue weighted by Crippen LogP contribution is 2.23. The summed E-state index contributed by atoms with van der Waals surface area (Å²) in [6, 6.07) is 15.5. The number of nitrogens with two attached hydrogens (primary N) is 1. The number of benzene rings is 2. The van der Waals surface area contributed by atoms with Gasteiger partial charge < -0.3 is 16.3 Å². The van der Waals surface area contributed by atoms with Crippen molar-refractivity contribution in [3.63, 3.8) is 0 Å². The first kappa shape index (κ1) is 23.6. The Kier molecular flexibility index (Phi) is 7.91. The summed E-state index contributed by atoms with van der Waals surface area (Å²) in [5.74, 6) is 1.85. The maximum atomic E-state index is 12.7.